The Kier molecular flexibility index (Phi) is 7.12. The minimum Gasteiger partial charge on any atom is -0.480 e. The Bertz CT molecular complexity index is 1060. The average molecular weight is 480 g/mol. The number of carboxylic acid groups (broad SMARTS) is 1. The summed E-state index contributed by atoms with van der Waals surface area (Å²) >= 11 is 0. The predicted molar refractivity (Wildman–Crippen MR) is 132 cm³/mol. The van der Waals surface area contributed by atoms with Crippen LogP contribution in [0, 0.1) is 0 Å². The van der Waals surface area contributed by atoms with Crippen LogP contribution in [0.25, 0.3) is 11.1 Å². The van der Waals surface area contributed by atoms with E-state index in [1.165, 1.54) is 48.0 Å². The second-order valence-corrected chi connectivity index (χ2v) is 9.84. The summed E-state index contributed by atoms with van der Waals surface area (Å²) in [7, 11) is 1.52. The third kappa shape index (κ3) is 5.17. The van der Waals surface area contributed by atoms with Gasteiger partial charge in [0.15, 0.2) is 0 Å². The number of alkyl carbamates (subject to hydrolysis) is 1. The van der Waals surface area contributed by atoms with Gasteiger partial charge < -0.3 is 20.1 Å². The van der Waals surface area contributed by atoms with Crippen molar-refractivity contribution in [2.24, 2.45) is 0 Å². The van der Waals surface area contributed by atoms with Crippen molar-refractivity contribution in [1.29, 1.82) is 0 Å². The Morgan fingerprint density at radius 3 is 2.11 bits per heavy atom. The maximum atomic E-state index is 12.6. The number of nitrogens with zero attached hydrogens (tertiary/aromatic N) is 2. The number of hydrogen-bond acceptors (Lipinski definition) is 5. The lowest BCUT2D eigenvalue weighted by Crippen LogP contribution is -2.54. The van der Waals surface area contributed by atoms with Crippen molar-refractivity contribution < 1.29 is 24.2 Å². The first-order chi connectivity index (χ1) is 16.7. The summed E-state index contributed by atoms with van der Waals surface area (Å²) in [5.41, 5.74) is 3.47. The van der Waals surface area contributed by atoms with E-state index in [-0.39, 0.29) is 31.0 Å². The van der Waals surface area contributed by atoms with Gasteiger partial charge in [-0.1, -0.05) is 48.5 Å². The van der Waals surface area contributed by atoms with Gasteiger partial charge in [0.05, 0.1) is 6.54 Å². The first kappa shape index (κ1) is 24.7. The molecule has 0 aromatic heterocycles. The molecule has 1 aliphatic carbocycles. The zero-order valence-electron chi connectivity index (χ0n) is 20.5. The molecule has 1 fully saturated rings. The fraction of sp³-hybridized carbons (Fsp3) is 0.444. The lowest BCUT2D eigenvalue weighted by molar-refractivity contribution is -0.155. The summed E-state index contributed by atoms with van der Waals surface area (Å²) in [5, 5.41) is 12.3. The molecule has 1 aliphatic heterocycles. The zero-order valence-corrected chi connectivity index (χ0v) is 20.5. The number of rotatable bonds is 7. The van der Waals surface area contributed by atoms with E-state index in [4.69, 9.17) is 4.74 Å². The molecule has 1 saturated heterocycles. The van der Waals surface area contributed by atoms with Crippen LogP contribution < -0.4 is 5.32 Å². The van der Waals surface area contributed by atoms with Crippen molar-refractivity contribution in [1.82, 2.24) is 15.1 Å². The van der Waals surface area contributed by atoms with Gasteiger partial charge in [-0.25, -0.2) is 9.59 Å². The van der Waals surface area contributed by atoms with E-state index in [0.717, 1.165) is 0 Å². The largest absolute Gasteiger partial charge is 0.480 e. The number of likely N-dealkylation sites (N-methyl/N-ethyl adjacent to an activating group) is 1. The SMILES string of the molecule is CN(C(=O)CN1CCC(NC(=O)OCC2c3ccccc3-c3ccccc32)CC1)C(C)(C)C(=O)O. The van der Waals surface area contributed by atoms with E-state index < -0.39 is 17.6 Å². The van der Waals surface area contributed by atoms with Crippen molar-refractivity contribution >= 4 is 18.0 Å². The highest BCUT2D eigenvalue weighted by Gasteiger charge is 2.36. The van der Waals surface area contributed by atoms with Crippen LogP contribution >= 0.6 is 0 Å². The molecule has 8 nitrogen and oxygen atoms in total. The van der Waals surface area contributed by atoms with Crippen LogP contribution in [-0.4, -0.2) is 77.7 Å². The van der Waals surface area contributed by atoms with Gasteiger partial charge in [-0.2, -0.15) is 0 Å². The van der Waals surface area contributed by atoms with E-state index in [1.807, 2.05) is 29.2 Å². The highest BCUT2D eigenvalue weighted by atomic mass is 16.5. The van der Waals surface area contributed by atoms with Gasteiger partial charge in [0.1, 0.15) is 12.1 Å². The summed E-state index contributed by atoms with van der Waals surface area (Å²) < 4.78 is 5.65. The lowest BCUT2D eigenvalue weighted by atomic mass is 9.98. The second kappa shape index (κ2) is 10.1. The Morgan fingerprint density at radius 1 is 1.03 bits per heavy atom. The zero-order chi connectivity index (χ0) is 25.2. The van der Waals surface area contributed by atoms with Crippen LogP contribution in [0.3, 0.4) is 0 Å². The summed E-state index contributed by atoms with van der Waals surface area (Å²) in [6, 6.07) is 16.4. The molecule has 0 spiro atoms. The van der Waals surface area contributed by atoms with Gasteiger partial charge in [0, 0.05) is 32.1 Å². The van der Waals surface area contributed by atoms with E-state index in [2.05, 4.69) is 29.6 Å². The number of hydrogen-bond donors (Lipinski definition) is 2. The molecule has 2 N–H and O–H groups in total. The Balaban J connectivity index is 1.25. The number of likely N-dealkylation sites (tertiary alicyclic amines) is 1. The molecule has 0 unspecified atom stereocenters. The van der Waals surface area contributed by atoms with Crippen molar-refractivity contribution in [2.45, 2.75) is 44.2 Å². The maximum Gasteiger partial charge on any atom is 0.407 e. The van der Waals surface area contributed by atoms with Crippen LogP contribution in [-0.2, 0) is 14.3 Å². The number of ether oxygens (including phenoxy) is 1. The lowest BCUT2D eigenvalue weighted by Gasteiger charge is -2.36. The Hall–Kier alpha value is -3.39. The Labute approximate surface area is 205 Å². The van der Waals surface area contributed by atoms with E-state index in [9.17, 15) is 19.5 Å². The summed E-state index contributed by atoms with van der Waals surface area (Å²) in [6.45, 7) is 4.74. The van der Waals surface area contributed by atoms with Crippen molar-refractivity contribution in [3.05, 3.63) is 59.7 Å². The van der Waals surface area contributed by atoms with E-state index in [1.54, 1.807) is 0 Å². The maximum absolute atomic E-state index is 12.6. The molecular formula is C27H33N3O5. The van der Waals surface area contributed by atoms with Gasteiger partial charge in [-0.15, -0.1) is 0 Å². The van der Waals surface area contributed by atoms with E-state index >= 15 is 0 Å². The fourth-order valence-electron chi connectivity index (χ4n) is 4.79. The number of benzene rings is 2. The number of nitrogens with one attached hydrogen (secondary N) is 1. The van der Waals surface area contributed by atoms with Gasteiger partial charge in [-0.05, 0) is 48.9 Å². The molecule has 0 atom stereocenters. The molecule has 0 saturated carbocycles. The normalized spacial score (nSPS) is 16.3. The number of aliphatic carboxylic acids is 1. The average Bonchev–Trinajstić information content (AvgIpc) is 3.17. The first-order valence-electron chi connectivity index (χ1n) is 12.0. The van der Waals surface area contributed by atoms with Gasteiger partial charge >= 0.3 is 12.1 Å². The summed E-state index contributed by atoms with van der Waals surface area (Å²) in [4.78, 5) is 39.8. The summed E-state index contributed by atoms with van der Waals surface area (Å²) in [5.74, 6) is -1.26. The van der Waals surface area contributed by atoms with E-state index in [0.29, 0.717) is 25.9 Å². The molecule has 35 heavy (non-hydrogen) atoms. The molecule has 186 valence electrons. The van der Waals surface area contributed by atoms with Crippen molar-refractivity contribution in [3.63, 3.8) is 0 Å². The molecule has 2 aromatic rings. The van der Waals surface area contributed by atoms with Gasteiger partial charge in [0.2, 0.25) is 5.91 Å². The quantitative estimate of drug-likeness (QED) is 0.632. The fourth-order valence-corrected chi connectivity index (χ4v) is 4.79. The number of fused-ring (bicyclic) bond motifs is 3. The van der Waals surface area contributed by atoms with Crippen LogP contribution in [0.1, 0.15) is 43.7 Å². The highest BCUT2D eigenvalue weighted by molar-refractivity contribution is 5.87. The minimum atomic E-state index is -1.26. The monoisotopic (exact) mass is 479 g/mol. The molecule has 0 radical (unpaired) electrons. The molecule has 2 amide bonds. The molecule has 1 heterocycles. The number of carbonyl (C=O) groups is 3. The molecular weight excluding hydrogens is 446 g/mol. The van der Waals surface area contributed by atoms with Crippen LogP contribution in [0.2, 0.25) is 0 Å². The molecule has 8 heteroatoms. The molecule has 0 bridgehead atoms. The smallest absolute Gasteiger partial charge is 0.407 e. The minimum absolute atomic E-state index is 0.0213. The standard InChI is InChI=1S/C27H33N3O5/c1-27(2,25(32)33)29(3)24(31)16-30-14-12-18(13-15-30)28-26(34)35-17-23-21-10-6-4-8-19(21)20-9-5-7-11-22(20)23/h4-11,18,23H,12-17H2,1-3H3,(H,28,34)(H,32,33). The molecule has 2 aromatic carbocycles. The van der Waals surface area contributed by atoms with Crippen molar-refractivity contribution in [2.75, 3.05) is 33.3 Å². The molecule has 2 aliphatic rings. The topological polar surface area (TPSA) is 99.2 Å². The van der Waals surface area contributed by atoms with Crippen molar-refractivity contribution in [3.8, 4) is 11.1 Å². The number of carbonyl (C=O) groups excluding carboxylic acids is 2. The van der Waals surface area contributed by atoms with Crippen LogP contribution in [0.4, 0.5) is 4.79 Å². The number of carboxylic acids is 1. The van der Waals surface area contributed by atoms with Gasteiger partial charge in [0.25, 0.3) is 0 Å². The second-order valence-electron chi connectivity index (χ2n) is 9.84. The Morgan fingerprint density at radius 2 is 1.57 bits per heavy atom. The van der Waals surface area contributed by atoms with Gasteiger partial charge in [-0.3, -0.25) is 9.69 Å². The first-order valence-corrected chi connectivity index (χ1v) is 12.0. The van der Waals surface area contributed by atoms with Crippen LogP contribution in [0.5, 0.6) is 0 Å². The third-order valence-corrected chi connectivity index (χ3v) is 7.35. The predicted octanol–water partition coefficient (Wildman–Crippen LogP) is 3.31. The molecule has 4 rings (SSSR count). The highest BCUT2D eigenvalue weighted by Crippen LogP contribution is 2.44. The third-order valence-electron chi connectivity index (χ3n) is 7.35. The number of amides is 2. The summed E-state index contributed by atoms with van der Waals surface area (Å²) in [6.07, 6.45) is 0.969. The number of piperidine rings is 1. The van der Waals surface area contributed by atoms with Crippen LogP contribution in [0.15, 0.2) is 48.5 Å².